The molecule has 0 unspecified atom stereocenters. The van der Waals surface area contributed by atoms with Crippen LogP contribution in [0, 0.1) is 0 Å². The quantitative estimate of drug-likeness (QED) is 0.800. The number of hydrogen-bond donors (Lipinski definition) is 2. The first kappa shape index (κ1) is 15.5. The molecule has 3 N–H and O–H groups in total. The molecule has 0 saturated heterocycles. The lowest BCUT2D eigenvalue weighted by Crippen LogP contribution is -2.14. The molecule has 2 aromatic rings. The number of halogens is 2. The van der Waals surface area contributed by atoms with Gasteiger partial charge in [-0.2, -0.15) is 0 Å². The largest absolute Gasteiger partial charge is 0.369 e. The molecule has 2 rings (SSSR count). The van der Waals surface area contributed by atoms with Crippen LogP contribution in [0.1, 0.15) is 22.5 Å². The second-order valence-corrected chi connectivity index (χ2v) is 5.28. The van der Waals surface area contributed by atoms with Gasteiger partial charge in [-0.25, -0.2) is 0 Å². The van der Waals surface area contributed by atoms with Crippen molar-refractivity contribution in [3.05, 3.63) is 51.6 Å². The lowest BCUT2D eigenvalue weighted by Gasteiger charge is -2.07. The third-order valence-electron chi connectivity index (χ3n) is 2.86. The van der Waals surface area contributed by atoms with Crippen LogP contribution in [0.3, 0.4) is 0 Å². The van der Waals surface area contributed by atoms with Gasteiger partial charge in [0.25, 0.3) is 5.91 Å². The number of carbonyl (C=O) groups is 1. The molecule has 0 aliphatic carbocycles. The van der Waals surface area contributed by atoms with E-state index in [1.165, 1.54) is 6.07 Å². The van der Waals surface area contributed by atoms with Gasteiger partial charge in [0, 0.05) is 16.6 Å². The molecule has 0 atom stereocenters. The third kappa shape index (κ3) is 4.58. The van der Waals surface area contributed by atoms with Gasteiger partial charge in [-0.05, 0) is 42.7 Å². The van der Waals surface area contributed by atoms with Gasteiger partial charge in [0.1, 0.15) is 5.82 Å². The van der Waals surface area contributed by atoms with Crippen LogP contribution in [0.2, 0.25) is 10.0 Å². The zero-order valence-electron chi connectivity index (χ0n) is 11.1. The minimum absolute atomic E-state index is 0.147. The highest BCUT2D eigenvalue weighted by Gasteiger charge is 2.03. The number of primary amides is 1. The number of aryl methyl sites for hydroxylation is 1. The van der Waals surface area contributed by atoms with Crippen LogP contribution >= 0.6 is 23.2 Å². The fourth-order valence-electron chi connectivity index (χ4n) is 1.78. The van der Waals surface area contributed by atoms with Crippen LogP contribution in [0.4, 0.5) is 5.82 Å². The third-order valence-corrected chi connectivity index (χ3v) is 3.45. The Bertz CT molecular complexity index is 631. The van der Waals surface area contributed by atoms with E-state index >= 15 is 0 Å². The Hall–Kier alpha value is -1.85. The van der Waals surface area contributed by atoms with E-state index in [2.05, 4.69) is 15.5 Å². The van der Waals surface area contributed by atoms with Gasteiger partial charge in [0.2, 0.25) is 0 Å². The van der Waals surface area contributed by atoms with Crippen LogP contribution in [0.5, 0.6) is 0 Å². The second-order valence-electron chi connectivity index (χ2n) is 4.43. The topological polar surface area (TPSA) is 80.9 Å². The monoisotopic (exact) mass is 324 g/mol. The number of nitrogens with zero attached hydrogens (tertiary/aromatic N) is 2. The van der Waals surface area contributed by atoms with Gasteiger partial charge in [0.15, 0.2) is 5.69 Å². The number of aromatic nitrogens is 2. The lowest BCUT2D eigenvalue weighted by molar-refractivity contribution is 0.0994. The summed E-state index contributed by atoms with van der Waals surface area (Å²) in [5, 5.41) is 12.0. The van der Waals surface area contributed by atoms with Gasteiger partial charge < -0.3 is 11.1 Å². The van der Waals surface area contributed by atoms with Crippen molar-refractivity contribution in [2.24, 2.45) is 5.73 Å². The van der Waals surface area contributed by atoms with Crippen molar-refractivity contribution in [3.8, 4) is 0 Å². The van der Waals surface area contributed by atoms with Crippen LogP contribution in [0.15, 0.2) is 30.3 Å². The molecule has 110 valence electrons. The van der Waals surface area contributed by atoms with Crippen LogP contribution < -0.4 is 11.1 Å². The average molecular weight is 325 g/mol. The molecule has 1 amide bonds. The Labute approximate surface area is 132 Å². The fraction of sp³-hybridized carbons (Fsp3) is 0.214. The zero-order chi connectivity index (χ0) is 15.2. The summed E-state index contributed by atoms with van der Waals surface area (Å²) in [6.07, 6.45) is 1.70. The highest BCUT2D eigenvalue weighted by atomic mass is 35.5. The molecule has 0 saturated carbocycles. The molecule has 21 heavy (non-hydrogen) atoms. The van der Waals surface area contributed by atoms with Gasteiger partial charge in [-0.15, -0.1) is 10.2 Å². The number of amides is 1. The maximum absolute atomic E-state index is 10.9. The van der Waals surface area contributed by atoms with Gasteiger partial charge in [0.05, 0.1) is 0 Å². The van der Waals surface area contributed by atoms with Gasteiger partial charge in [-0.1, -0.05) is 29.3 Å². The molecule has 1 aromatic carbocycles. The Morgan fingerprint density at radius 3 is 2.62 bits per heavy atom. The summed E-state index contributed by atoms with van der Waals surface area (Å²) in [6, 6.07) is 8.69. The molecule has 0 bridgehead atoms. The summed E-state index contributed by atoms with van der Waals surface area (Å²) in [6.45, 7) is 0.712. The molecule has 1 heterocycles. The van der Waals surface area contributed by atoms with E-state index in [-0.39, 0.29) is 5.69 Å². The number of benzene rings is 1. The Balaban J connectivity index is 1.80. The number of carbonyl (C=O) groups excluding carboxylic acids is 1. The Morgan fingerprint density at radius 1 is 1.19 bits per heavy atom. The lowest BCUT2D eigenvalue weighted by atomic mass is 10.1. The average Bonchev–Trinajstić information content (AvgIpc) is 2.46. The maximum Gasteiger partial charge on any atom is 0.269 e. The van der Waals surface area contributed by atoms with Crippen molar-refractivity contribution in [1.82, 2.24) is 10.2 Å². The van der Waals surface area contributed by atoms with E-state index in [1.807, 2.05) is 12.1 Å². The number of anilines is 1. The molecule has 5 nitrogen and oxygen atoms in total. The van der Waals surface area contributed by atoms with Crippen LogP contribution in [0.25, 0.3) is 0 Å². The molecule has 0 aliphatic rings. The van der Waals surface area contributed by atoms with E-state index in [0.717, 1.165) is 18.4 Å². The van der Waals surface area contributed by atoms with Crippen molar-refractivity contribution < 1.29 is 4.79 Å². The molecule has 0 radical (unpaired) electrons. The number of hydrogen-bond acceptors (Lipinski definition) is 4. The number of rotatable bonds is 6. The smallest absolute Gasteiger partial charge is 0.269 e. The van der Waals surface area contributed by atoms with Crippen molar-refractivity contribution in [1.29, 1.82) is 0 Å². The standard InChI is InChI=1S/C14H14Cl2N4O/c15-10-4-3-9(11(16)8-10)2-1-7-18-13-6-5-12(14(17)21)19-20-13/h3-6,8H,1-2,7H2,(H2,17,21)(H,18,20). The van der Waals surface area contributed by atoms with Crippen molar-refractivity contribution in [3.63, 3.8) is 0 Å². The summed E-state index contributed by atoms with van der Waals surface area (Å²) in [7, 11) is 0. The van der Waals surface area contributed by atoms with Crippen molar-refractivity contribution in [2.45, 2.75) is 12.8 Å². The van der Waals surface area contributed by atoms with E-state index in [1.54, 1.807) is 12.1 Å². The zero-order valence-corrected chi connectivity index (χ0v) is 12.7. The highest BCUT2D eigenvalue weighted by molar-refractivity contribution is 6.35. The number of nitrogens with one attached hydrogen (secondary N) is 1. The SMILES string of the molecule is NC(=O)c1ccc(NCCCc2ccc(Cl)cc2Cl)nn1. The van der Waals surface area contributed by atoms with E-state index in [9.17, 15) is 4.79 Å². The summed E-state index contributed by atoms with van der Waals surface area (Å²) in [5.74, 6) is 0.00799. The highest BCUT2D eigenvalue weighted by Crippen LogP contribution is 2.22. The molecule has 0 spiro atoms. The maximum atomic E-state index is 10.9. The van der Waals surface area contributed by atoms with Crippen LogP contribution in [-0.2, 0) is 6.42 Å². The predicted molar refractivity (Wildman–Crippen MR) is 83.8 cm³/mol. The second kappa shape index (κ2) is 7.24. The minimum atomic E-state index is -0.591. The Morgan fingerprint density at radius 2 is 2.00 bits per heavy atom. The fourth-order valence-corrected chi connectivity index (χ4v) is 2.28. The predicted octanol–water partition coefficient (Wildman–Crippen LogP) is 2.93. The van der Waals surface area contributed by atoms with Gasteiger partial charge in [-0.3, -0.25) is 4.79 Å². The summed E-state index contributed by atoms with van der Waals surface area (Å²) in [4.78, 5) is 10.9. The van der Waals surface area contributed by atoms with E-state index < -0.39 is 5.91 Å². The molecular weight excluding hydrogens is 311 g/mol. The summed E-state index contributed by atoms with van der Waals surface area (Å²) >= 11 is 11.9. The van der Waals surface area contributed by atoms with Gasteiger partial charge >= 0.3 is 0 Å². The molecule has 0 fully saturated rings. The van der Waals surface area contributed by atoms with E-state index in [0.29, 0.717) is 22.4 Å². The summed E-state index contributed by atoms with van der Waals surface area (Å²) in [5.41, 5.74) is 6.29. The normalized spacial score (nSPS) is 10.4. The van der Waals surface area contributed by atoms with E-state index in [4.69, 9.17) is 28.9 Å². The minimum Gasteiger partial charge on any atom is -0.369 e. The van der Waals surface area contributed by atoms with Crippen molar-refractivity contribution in [2.75, 3.05) is 11.9 Å². The van der Waals surface area contributed by atoms with Crippen molar-refractivity contribution >= 4 is 34.9 Å². The first-order valence-corrected chi connectivity index (χ1v) is 7.13. The number of nitrogens with two attached hydrogens (primary N) is 1. The first-order chi connectivity index (χ1) is 10.1. The first-order valence-electron chi connectivity index (χ1n) is 6.37. The molecule has 7 heteroatoms. The summed E-state index contributed by atoms with van der Waals surface area (Å²) < 4.78 is 0. The molecule has 0 aliphatic heterocycles. The molecular formula is C14H14Cl2N4O. The Kier molecular flexibility index (Phi) is 5.36. The van der Waals surface area contributed by atoms with Crippen LogP contribution in [-0.4, -0.2) is 22.6 Å². The molecule has 1 aromatic heterocycles.